The predicted molar refractivity (Wildman–Crippen MR) is 125 cm³/mol. The third kappa shape index (κ3) is 5.14. The number of hydrogen-bond donors (Lipinski definition) is 2. The Balaban J connectivity index is 1.53. The maximum absolute atomic E-state index is 12.8. The molecular weight excluding hydrogens is 388 g/mol. The SMILES string of the molecule is CN(N)/C=C/c1ccc2cnc(NC(=O)c3ccnc(C4=CCN(C)CC4)c3)cc2c1. The summed E-state index contributed by atoms with van der Waals surface area (Å²) in [5.41, 5.74) is 3.61. The largest absolute Gasteiger partial charge is 0.321 e. The molecule has 1 aromatic carbocycles. The molecule has 7 nitrogen and oxygen atoms in total. The Morgan fingerprint density at radius 3 is 2.84 bits per heavy atom. The molecule has 0 spiro atoms. The van der Waals surface area contributed by atoms with E-state index in [1.54, 1.807) is 31.7 Å². The van der Waals surface area contributed by atoms with Crippen LogP contribution in [-0.2, 0) is 0 Å². The lowest BCUT2D eigenvalue weighted by molar-refractivity contribution is 0.102. The minimum absolute atomic E-state index is 0.204. The Morgan fingerprint density at radius 2 is 2.06 bits per heavy atom. The van der Waals surface area contributed by atoms with Crippen LogP contribution in [0.5, 0.6) is 0 Å². The van der Waals surface area contributed by atoms with E-state index in [2.05, 4.69) is 33.3 Å². The van der Waals surface area contributed by atoms with E-state index >= 15 is 0 Å². The number of hydrazine groups is 1. The van der Waals surface area contributed by atoms with Gasteiger partial charge in [-0.3, -0.25) is 9.78 Å². The average Bonchev–Trinajstić information content (AvgIpc) is 2.78. The Morgan fingerprint density at radius 1 is 1.19 bits per heavy atom. The van der Waals surface area contributed by atoms with E-state index < -0.39 is 0 Å². The van der Waals surface area contributed by atoms with Crippen LogP contribution >= 0.6 is 0 Å². The van der Waals surface area contributed by atoms with Crippen molar-refractivity contribution in [3.63, 3.8) is 0 Å². The van der Waals surface area contributed by atoms with Gasteiger partial charge in [-0.25, -0.2) is 10.8 Å². The second-order valence-electron chi connectivity index (χ2n) is 7.78. The molecule has 0 saturated carbocycles. The van der Waals surface area contributed by atoms with Crippen molar-refractivity contribution in [3.05, 3.63) is 77.9 Å². The molecule has 4 rings (SSSR count). The molecule has 31 heavy (non-hydrogen) atoms. The van der Waals surface area contributed by atoms with Crippen LogP contribution in [0.1, 0.15) is 28.0 Å². The highest BCUT2D eigenvalue weighted by Gasteiger charge is 2.14. The third-order valence-electron chi connectivity index (χ3n) is 5.25. The van der Waals surface area contributed by atoms with Gasteiger partial charge in [0.15, 0.2) is 0 Å². The summed E-state index contributed by atoms with van der Waals surface area (Å²) in [7, 11) is 3.86. The summed E-state index contributed by atoms with van der Waals surface area (Å²) in [6, 6.07) is 11.5. The third-order valence-corrected chi connectivity index (χ3v) is 5.25. The summed E-state index contributed by atoms with van der Waals surface area (Å²) in [6.07, 6.45) is 10.3. The summed E-state index contributed by atoms with van der Waals surface area (Å²) in [4.78, 5) is 23.9. The van der Waals surface area contributed by atoms with Crippen molar-refractivity contribution in [2.75, 3.05) is 32.5 Å². The van der Waals surface area contributed by atoms with Gasteiger partial charge in [0.25, 0.3) is 5.91 Å². The van der Waals surface area contributed by atoms with Gasteiger partial charge < -0.3 is 15.2 Å². The Hall–Kier alpha value is -3.55. The molecule has 0 bridgehead atoms. The van der Waals surface area contributed by atoms with Gasteiger partial charge in [-0.1, -0.05) is 18.2 Å². The number of likely N-dealkylation sites (N-methyl/N-ethyl adjacent to an activating group) is 1. The molecule has 2 aromatic heterocycles. The zero-order valence-corrected chi connectivity index (χ0v) is 17.7. The van der Waals surface area contributed by atoms with Gasteiger partial charge >= 0.3 is 0 Å². The minimum Gasteiger partial charge on any atom is -0.321 e. The van der Waals surface area contributed by atoms with Gasteiger partial charge in [0, 0.05) is 49.7 Å². The first kappa shape index (κ1) is 20.7. The number of nitrogens with one attached hydrogen (secondary N) is 1. The normalized spacial score (nSPS) is 14.6. The van der Waals surface area contributed by atoms with Gasteiger partial charge in [0.2, 0.25) is 0 Å². The van der Waals surface area contributed by atoms with Crippen molar-refractivity contribution in [2.24, 2.45) is 5.84 Å². The molecular formula is C24H26N6O. The Labute approximate surface area is 181 Å². The van der Waals surface area contributed by atoms with Crippen LogP contribution in [0.3, 0.4) is 0 Å². The molecule has 0 atom stereocenters. The highest BCUT2D eigenvalue weighted by Crippen LogP contribution is 2.22. The fourth-order valence-corrected chi connectivity index (χ4v) is 3.47. The van der Waals surface area contributed by atoms with E-state index in [1.807, 2.05) is 36.4 Å². The first-order valence-corrected chi connectivity index (χ1v) is 10.2. The number of pyridine rings is 2. The van der Waals surface area contributed by atoms with Crippen molar-refractivity contribution in [2.45, 2.75) is 6.42 Å². The number of rotatable bonds is 5. The van der Waals surface area contributed by atoms with Crippen LogP contribution in [0.2, 0.25) is 0 Å². The number of carbonyl (C=O) groups is 1. The van der Waals surface area contributed by atoms with E-state index in [-0.39, 0.29) is 5.91 Å². The molecule has 1 aliphatic heterocycles. The number of fused-ring (bicyclic) bond motifs is 1. The molecule has 0 fully saturated rings. The van der Waals surface area contributed by atoms with Crippen LogP contribution in [-0.4, -0.2) is 53.0 Å². The number of carbonyl (C=O) groups excluding carboxylic acids is 1. The molecule has 158 valence electrons. The minimum atomic E-state index is -0.204. The Kier molecular flexibility index (Phi) is 6.06. The van der Waals surface area contributed by atoms with Crippen LogP contribution in [0.15, 0.2) is 61.1 Å². The second-order valence-corrected chi connectivity index (χ2v) is 7.78. The quantitative estimate of drug-likeness (QED) is 0.492. The van der Waals surface area contributed by atoms with Gasteiger partial charge in [0.1, 0.15) is 5.82 Å². The van der Waals surface area contributed by atoms with Crippen molar-refractivity contribution in [3.8, 4) is 0 Å². The van der Waals surface area contributed by atoms with E-state index in [4.69, 9.17) is 5.84 Å². The number of nitrogens with two attached hydrogens (primary N) is 1. The maximum atomic E-state index is 12.8. The van der Waals surface area contributed by atoms with E-state index in [0.717, 1.165) is 41.5 Å². The van der Waals surface area contributed by atoms with Crippen LogP contribution < -0.4 is 11.2 Å². The number of hydrogen-bond acceptors (Lipinski definition) is 6. The lowest BCUT2D eigenvalue weighted by Crippen LogP contribution is -2.24. The molecule has 7 heteroatoms. The molecule has 0 saturated heterocycles. The second kappa shape index (κ2) is 9.07. The van der Waals surface area contributed by atoms with Crippen molar-refractivity contribution in [1.29, 1.82) is 0 Å². The number of aromatic nitrogens is 2. The summed E-state index contributed by atoms with van der Waals surface area (Å²) in [5, 5.41) is 6.38. The lowest BCUT2D eigenvalue weighted by atomic mass is 10.0. The zero-order chi connectivity index (χ0) is 21.8. The van der Waals surface area contributed by atoms with E-state index in [1.165, 1.54) is 10.6 Å². The van der Waals surface area contributed by atoms with Crippen LogP contribution in [0.4, 0.5) is 5.82 Å². The summed E-state index contributed by atoms with van der Waals surface area (Å²) < 4.78 is 0. The number of amides is 1. The average molecular weight is 415 g/mol. The molecule has 0 aliphatic carbocycles. The topological polar surface area (TPSA) is 87.4 Å². The van der Waals surface area contributed by atoms with Crippen molar-refractivity contribution in [1.82, 2.24) is 19.9 Å². The number of anilines is 1. The highest BCUT2D eigenvalue weighted by atomic mass is 16.1. The van der Waals surface area contributed by atoms with Crippen LogP contribution in [0, 0.1) is 0 Å². The Bertz CT molecular complexity index is 1170. The van der Waals surface area contributed by atoms with E-state index in [0.29, 0.717) is 11.4 Å². The molecule has 3 heterocycles. The number of nitrogens with zero attached hydrogens (tertiary/aromatic N) is 4. The fourth-order valence-electron chi connectivity index (χ4n) is 3.47. The molecule has 1 aliphatic rings. The predicted octanol–water partition coefficient (Wildman–Crippen LogP) is 3.38. The molecule has 0 radical (unpaired) electrons. The smallest absolute Gasteiger partial charge is 0.256 e. The van der Waals surface area contributed by atoms with Crippen LogP contribution in [0.25, 0.3) is 22.4 Å². The fraction of sp³-hybridized carbons (Fsp3) is 0.208. The highest BCUT2D eigenvalue weighted by molar-refractivity contribution is 6.04. The van der Waals surface area contributed by atoms with Gasteiger partial charge in [-0.05, 0) is 60.3 Å². The summed E-state index contributed by atoms with van der Waals surface area (Å²) in [6.45, 7) is 1.89. The van der Waals surface area contributed by atoms with Crippen molar-refractivity contribution < 1.29 is 4.79 Å². The first-order chi connectivity index (χ1) is 15.0. The molecule has 1 amide bonds. The summed E-state index contributed by atoms with van der Waals surface area (Å²) in [5.74, 6) is 5.93. The zero-order valence-electron chi connectivity index (χ0n) is 17.7. The van der Waals surface area contributed by atoms with Gasteiger partial charge in [-0.15, -0.1) is 0 Å². The monoisotopic (exact) mass is 414 g/mol. The van der Waals surface area contributed by atoms with E-state index in [9.17, 15) is 4.79 Å². The first-order valence-electron chi connectivity index (χ1n) is 10.2. The molecule has 3 N–H and O–H groups in total. The molecule has 0 unspecified atom stereocenters. The van der Waals surface area contributed by atoms with Gasteiger partial charge in [0.05, 0.1) is 5.69 Å². The van der Waals surface area contributed by atoms with Crippen molar-refractivity contribution >= 4 is 34.1 Å². The summed E-state index contributed by atoms with van der Waals surface area (Å²) >= 11 is 0. The maximum Gasteiger partial charge on any atom is 0.256 e. The lowest BCUT2D eigenvalue weighted by Gasteiger charge is -2.21. The number of benzene rings is 1. The van der Waals surface area contributed by atoms with Gasteiger partial charge in [-0.2, -0.15) is 0 Å². The standard InChI is InChI=1S/C24H26N6O/c1-29-10-7-18(8-11-29)22-14-19(5-9-26-22)24(31)28-23-15-21-13-17(6-12-30(2)25)3-4-20(21)16-27-23/h3-7,9,12-16H,8,10-11,25H2,1-2H3,(H,27,28,31)/b12-6+. The molecule has 3 aromatic rings.